The normalized spacial score (nSPS) is 12.6. The molecule has 8 nitrogen and oxygen atoms in total. The maximum absolute atomic E-state index is 11.9. The van der Waals surface area contributed by atoms with Crippen LogP contribution in [0, 0.1) is 0 Å². The van der Waals surface area contributed by atoms with Crippen molar-refractivity contribution in [3.05, 3.63) is 23.5 Å². The summed E-state index contributed by atoms with van der Waals surface area (Å²) < 4.78 is 69.9. The van der Waals surface area contributed by atoms with Gasteiger partial charge in [-0.05, 0) is 42.7 Å². The predicted molar refractivity (Wildman–Crippen MR) is 140 cm³/mol. The number of aryl methyl sites for hydroxylation is 1. The number of aromatic amines is 1. The van der Waals surface area contributed by atoms with Crippen LogP contribution in [0.3, 0.4) is 0 Å². The average molecular weight is 591 g/mol. The van der Waals surface area contributed by atoms with Crippen molar-refractivity contribution in [3.63, 3.8) is 0 Å². The Kier molecular flexibility index (Phi) is 18.4. The van der Waals surface area contributed by atoms with Gasteiger partial charge in [-0.2, -0.15) is 0 Å². The van der Waals surface area contributed by atoms with Crippen molar-refractivity contribution in [2.75, 3.05) is 0 Å². The summed E-state index contributed by atoms with van der Waals surface area (Å²) in [5.41, 5.74) is 1.15. The molecule has 1 aromatic carbocycles. The number of hydrogen-bond donors (Lipinski definition) is 1. The van der Waals surface area contributed by atoms with Gasteiger partial charge >= 0.3 is 59.1 Å². The number of fused-ring (bicyclic) bond motifs is 1. The molecule has 0 aliphatic rings. The van der Waals surface area contributed by atoms with Crippen LogP contribution in [0.4, 0.5) is 0 Å². The number of imidazole rings is 1. The third kappa shape index (κ3) is 12.8. The fraction of sp³-hybridized carbons (Fsp3) is 0.667. The molecule has 0 fully saturated rings. The Bertz CT molecular complexity index is 1200. The van der Waals surface area contributed by atoms with Crippen LogP contribution in [0.15, 0.2) is 17.0 Å². The van der Waals surface area contributed by atoms with Crippen molar-refractivity contribution in [3.8, 4) is 0 Å². The van der Waals surface area contributed by atoms with Crippen molar-refractivity contribution in [1.82, 2.24) is 9.97 Å². The summed E-state index contributed by atoms with van der Waals surface area (Å²) in [7, 11) is -9.15. The molecule has 0 saturated heterocycles. The summed E-state index contributed by atoms with van der Waals surface area (Å²) in [4.78, 5) is 7.84. The van der Waals surface area contributed by atoms with Gasteiger partial charge in [0.25, 0.3) is 0 Å². The number of unbranched alkanes of at least 4 members (excludes halogenated alkanes) is 7. The summed E-state index contributed by atoms with van der Waals surface area (Å²) in [6, 6.07) is 2.74. The molecule has 0 saturated carbocycles. The summed E-state index contributed by atoms with van der Waals surface area (Å²) in [6.07, 6.45) is 10.6. The molecule has 2 aromatic rings. The minimum absolute atomic E-state index is 0. The molecule has 2 rings (SSSR count). The third-order valence-corrected chi connectivity index (χ3v) is 8.94. The van der Waals surface area contributed by atoms with E-state index in [-0.39, 0.29) is 95.3 Å². The zero-order valence-corrected chi connectivity index (χ0v) is 29.0. The second-order valence-electron chi connectivity index (χ2n) is 9.08. The van der Waals surface area contributed by atoms with Gasteiger partial charge < -0.3 is 14.1 Å². The Morgan fingerprint density at radius 2 is 1.57 bits per heavy atom. The molecular weight excluding hydrogens is 554 g/mol. The molecule has 37 heavy (non-hydrogen) atoms. The first kappa shape index (κ1) is 37.6. The van der Waals surface area contributed by atoms with E-state index in [0.717, 1.165) is 19.3 Å². The van der Waals surface area contributed by atoms with Crippen molar-refractivity contribution in [2.45, 2.75) is 107 Å². The second kappa shape index (κ2) is 18.1. The van der Waals surface area contributed by atoms with Crippen LogP contribution in [0.1, 0.15) is 95.9 Å². The largest absolute Gasteiger partial charge is 1.00 e. The molecule has 1 unspecified atom stereocenters. The molecular formula is C24H36N2Na2O6S3. The van der Waals surface area contributed by atoms with Gasteiger partial charge in [0.05, 0.1) is 26.0 Å². The zero-order valence-electron chi connectivity index (χ0n) is 22.5. The number of nitrogens with zero attached hydrogens (tertiary/aromatic N) is 1. The second-order valence-corrected chi connectivity index (χ2v) is 12.7. The Morgan fingerprint density at radius 1 is 0.973 bits per heavy atom. The minimum Gasteiger partial charge on any atom is -0.748 e. The quantitative estimate of drug-likeness (QED) is 0.109. The molecule has 1 atom stereocenters. The number of H-pyrrole nitrogens is 1. The topological polar surface area (TPSA) is 143 Å². The van der Waals surface area contributed by atoms with Gasteiger partial charge in [-0.1, -0.05) is 71.0 Å². The van der Waals surface area contributed by atoms with Gasteiger partial charge in [-0.15, -0.1) is 0 Å². The molecule has 1 aromatic heterocycles. The monoisotopic (exact) mass is 590 g/mol. The molecule has 1 heterocycles. The molecule has 13 heteroatoms. The first-order chi connectivity index (χ1) is 16.5. The Morgan fingerprint density at radius 3 is 2.11 bits per heavy atom. The summed E-state index contributed by atoms with van der Waals surface area (Å²) in [5.74, 6) is 0.429. The summed E-state index contributed by atoms with van der Waals surface area (Å²) >= 11 is 5.53. The van der Waals surface area contributed by atoms with Crippen LogP contribution in [0.5, 0.6) is 0 Å². The summed E-state index contributed by atoms with van der Waals surface area (Å²) in [5, 5.41) is -1.02. The first-order valence-electron chi connectivity index (χ1n) is 12.4. The molecule has 1 N–H and O–H groups in total. The van der Waals surface area contributed by atoms with Gasteiger partial charge in [-0.3, -0.25) is 0 Å². The minimum atomic E-state index is -4.73. The van der Waals surface area contributed by atoms with Crippen LogP contribution in [0.2, 0.25) is 0 Å². The predicted octanol–water partition coefficient (Wildman–Crippen LogP) is -0.825. The Hall–Kier alpha value is 0.600. The van der Waals surface area contributed by atoms with E-state index in [1.54, 1.807) is 6.92 Å². The van der Waals surface area contributed by atoms with Crippen LogP contribution in [0.25, 0.3) is 11.0 Å². The van der Waals surface area contributed by atoms with Crippen LogP contribution >= 0.6 is 12.2 Å². The summed E-state index contributed by atoms with van der Waals surface area (Å²) in [6.45, 7) is 3.83. The van der Waals surface area contributed by atoms with Gasteiger partial charge in [-0.25, -0.2) is 21.8 Å². The maximum Gasteiger partial charge on any atom is 1.00 e. The standard InChI is InChI=1S/C24H38N2O6S3.2Na/c1-3-5-6-7-8-9-10-11-12-18(33)17-20-22(35(30,31)32)15-14-21-24(20)26-23(25-21)16-13-19(4-2)34(27,28)29;;/h14-15,19H,3-13,16-17H2,1-2H3,(H,25,26)(H,27,28,29)(H,30,31,32);;/q;2*+1/p-2. The smallest absolute Gasteiger partial charge is 0.748 e. The van der Waals surface area contributed by atoms with E-state index in [4.69, 9.17) is 12.2 Å². The number of rotatable bonds is 17. The van der Waals surface area contributed by atoms with E-state index in [1.165, 1.54) is 44.2 Å². The van der Waals surface area contributed by atoms with E-state index >= 15 is 0 Å². The number of thiocarbonyl (C=S) groups is 1. The van der Waals surface area contributed by atoms with E-state index in [2.05, 4.69) is 16.9 Å². The van der Waals surface area contributed by atoms with Crippen LogP contribution in [-0.4, -0.2) is 46.0 Å². The van der Waals surface area contributed by atoms with E-state index in [9.17, 15) is 25.9 Å². The molecule has 0 aliphatic carbocycles. The van der Waals surface area contributed by atoms with Crippen molar-refractivity contribution < 1.29 is 85.1 Å². The molecule has 0 bridgehead atoms. The van der Waals surface area contributed by atoms with Gasteiger partial charge in [0.1, 0.15) is 15.9 Å². The van der Waals surface area contributed by atoms with Gasteiger partial charge in [0.15, 0.2) is 0 Å². The zero-order chi connectivity index (χ0) is 26.1. The van der Waals surface area contributed by atoms with Crippen LogP contribution < -0.4 is 59.1 Å². The third-order valence-electron chi connectivity index (χ3n) is 6.28. The Balaban J connectivity index is 0.00000648. The molecule has 0 spiro atoms. The number of nitrogens with one attached hydrogen (secondary N) is 1. The Labute approximate surface area is 271 Å². The SMILES string of the molecule is CCCCCCCCCCC(=S)Cc1c(S(=O)(=O)[O-])ccc2[nH]c(CCC(CC)S(=O)(=O)[O-])nc12.[Na+].[Na+]. The molecule has 0 amide bonds. The van der Waals surface area contributed by atoms with E-state index in [1.807, 2.05) is 0 Å². The molecule has 0 aliphatic heterocycles. The van der Waals surface area contributed by atoms with Crippen LogP contribution in [-0.2, 0) is 33.1 Å². The average Bonchev–Trinajstić information content (AvgIpc) is 3.18. The van der Waals surface area contributed by atoms with E-state index in [0.29, 0.717) is 28.1 Å². The van der Waals surface area contributed by atoms with Crippen molar-refractivity contribution in [2.24, 2.45) is 0 Å². The first-order valence-corrected chi connectivity index (χ1v) is 15.7. The number of hydrogen-bond acceptors (Lipinski definition) is 8. The molecule has 0 radical (unpaired) electrons. The fourth-order valence-corrected chi connectivity index (χ4v) is 6.09. The fourth-order valence-electron chi connectivity index (χ4n) is 4.28. The number of aromatic nitrogens is 2. The molecule has 198 valence electrons. The van der Waals surface area contributed by atoms with Gasteiger partial charge in [0.2, 0.25) is 0 Å². The van der Waals surface area contributed by atoms with Gasteiger partial charge in [0, 0.05) is 23.7 Å². The maximum atomic E-state index is 11.9. The number of benzene rings is 1. The van der Waals surface area contributed by atoms with Crippen molar-refractivity contribution in [1.29, 1.82) is 0 Å². The van der Waals surface area contributed by atoms with Crippen molar-refractivity contribution >= 4 is 48.4 Å². The van der Waals surface area contributed by atoms with E-state index < -0.39 is 25.5 Å².